The van der Waals surface area contributed by atoms with Gasteiger partial charge in [-0.2, -0.15) is 5.10 Å². The van der Waals surface area contributed by atoms with Crippen LogP contribution in [0.5, 0.6) is 0 Å². The maximum absolute atomic E-state index is 12.7. The number of anilines is 1. The Balaban J connectivity index is 0.00000256. The van der Waals surface area contributed by atoms with Gasteiger partial charge in [-0.1, -0.05) is 6.07 Å². The molecule has 0 saturated carbocycles. The molecule has 2 aromatic heterocycles. The molecule has 1 aliphatic heterocycles. The number of thioether (sulfide) groups is 1. The zero-order chi connectivity index (χ0) is 20.4. The van der Waals surface area contributed by atoms with E-state index >= 15 is 0 Å². The van der Waals surface area contributed by atoms with Crippen LogP contribution in [-0.2, 0) is 17.9 Å². The summed E-state index contributed by atoms with van der Waals surface area (Å²) < 4.78 is 15.4. The van der Waals surface area contributed by atoms with Crippen LogP contribution in [0.2, 0.25) is 0 Å². The van der Waals surface area contributed by atoms with Crippen LogP contribution in [-0.4, -0.2) is 32.6 Å². The van der Waals surface area contributed by atoms with E-state index in [2.05, 4.69) is 16.5 Å². The van der Waals surface area contributed by atoms with Crippen LogP contribution in [0.15, 0.2) is 58.3 Å². The number of benzene rings is 1. The number of halogens is 2. The van der Waals surface area contributed by atoms with E-state index in [4.69, 9.17) is 5.73 Å². The van der Waals surface area contributed by atoms with Gasteiger partial charge in [-0.3, -0.25) is 9.36 Å². The molecule has 0 radical (unpaired) electrons. The predicted octanol–water partition coefficient (Wildman–Crippen LogP) is 3.10. The maximum atomic E-state index is 12.7. The summed E-state index contributed by atoms with van der Waals surface area (Å²) in [6.07, 6.45) is 1.87. The van der Waals surface area contributed by atoms with Gasteiger partial charge in [0.25, 0.3) is 0 Å². The quantitative estimate of drug-likeness (QED) is 0.581. The molecule has 0 bridgehead atoms. The molecule has 3 aromatic rings. The normalized spacial score (nSPS) is 13.5. The number of nitrogens with zero attached hydrogens (tertiary/aromatic N) is 3. The van der Waals surface area contributed by atoms with Crippen LogP contribution in [0.4, 0.5) is 10.1 Å². The summed E-state index contributed by atoms with van der Waals surface area (Å²) in [6, 6.07) is 9.95. The lowest BCUT2D eigenvalue weighted by molar-refractivity contribution is -0.113. The molecule has 7 nitrogen and oxygen atoms in total. The van der Waals surface area contributed by atoms with E-state index < -0.39 is 0 Å². The molecule has 0 atom stereocenters. The number of hydrogen-bond acceptors (Lipinski definition) is 6. The van der Waals surface area contributed by atoms with E-state index in [1.165, 1.54) is 27.3 Å². The molecule has 4 rings (SSSR count). The number of thiophene rings is 1. The summed E-state index contributed by atoms with van der Waals surface area (Å²) in [5.74, 6) is 0.433. The van der Waals surface area contributed by atoms with Gasteiger partial charge in [0, 0.05) is 21.2 Å². The number of carbonyl (C=O) groups is 1. The van der Waals surface area contributed by atoms with Crippen molar-refractivity contribution >= 4 is 47.1 Å². The number of nitrogens with two attached hydrogens (primary N) is 1. The van der Waals surface area contributed by atoms with Gasteiger partial charge in [0.05, 0.1) is 30.9 Å². The largest absolute Gasteiger partial charge is 0.346 e. The SMILES string of the molecule is Cl.NC/C(=C\F)Cn1ncn(Cc2ccc(-c3ccc4c(c3)SCC(=O)N4)s2)c1=O. The second-order valence-corrected chi connectivity index (χ2v) is 8.67. The first-order valence-corrected chi connectivity index (χ1v) is 10.6. The van der Waals surface area contributed by atoms with Crippen molar-refractivity contribution < 1.29 is 9.18 Å². The van der Waals surface area contributed by atoms with Gasteiger partial charge >= 0.3 is 5.69 Å². The number of fused-ring (bicyclic) bond motifs is 1. The number of nitrogens with one attached hydrogen (secondary N) is 1. The molecule has 3 heterocycles. The van der Waals surface area contributed by atoms with E-state index in [-0.39, 0.29) is 37.1 Å². The van der Waals surface area contributed by atoms with Crippen molar-refractivity contribution in [2.24, 2.45) is 5.73 Å². The number of aromatic nitrogens is 3. The lowest BCUT2D eigenvalue weighted by atomic mass is 10.1. The van der Waals surface area contributed by atoms with Gasteiger partial charge in [0.1, 0.15) is 6.33 Å². The van der Waals surface area contributed by atoms with Crippen molar-refractivity contribution in [3.63, 3.8) is 0 Å². The van der Waals surface area contributed by atoms with Crippen LogP contribution in [0.1, 0.15) is 4.88 Å². The standard InChI is InChI=1S/C19H18FN5O2S2.ClH/c20-6-12(7-21)8-25-19(27)24(11-22-25)9-14-2-4-16(29-14)13-1-3-15-17(5-13)28-10-18(26)23-15;/h1-6,11H,7-10,21H2,(H,23,26);1H/b12-6+;. The van der Waals surface area contributed by atoms with Crippen molar-refractivity contribution in [3.8, 4) is 10.4 Å². The fraction of sp³-hybridized carbons (Fsp3) is 0.211. The fourth-order valence-corrected chi connectivity index (χ4v) is 4.79. The Kier molecular flexibility index (Phi) is 7.14. The highest BCUT2D eigenvalue weighted by Crippen LogP contribution is 2.37. The number of amides is 1. The Morgan fingerprint density at radius 3 is 2.90 bits per heavy atom. The van der Waals surface area contributed by atoms with E-state index in [0.717, 1.165) is 25.9 Å². The molecule has 0 aliphatic carbocycles. The average molecular weight is 468 g/mol. The Labute approximate surface area is 186 Å². The first-order valence-electron chi connectivity index (χ1n) is 8.83. The van der Waals surface area contributed by atoms with Crippen molar-refractivity contribution in [2.45, 2.75) is 18.0 Å². The van der Waals surface area contributed by atoms with E-state index in [0.29, 0.717) is 24.2 Å². The topological polar surface area (TPSA) is 94.9 Å². The lowest BCUT2D eigenvalue weighted by Gasteiger charge is -2.16. The van der Waals surface area contributed by atoms with Crippen LogP contribution in [0.25, 0.3) is 10.4 Å². The maximum Gasteiger partial charge on any atom is 0.346 e. The third-order valence-corrected chi connectivity index (χ3v) is 6.63. The third-order valence-electron chi connectivity index (χ3n) is 4.45. The zero-order valence-corrected chi connectivity index (χ0v) is 18.2. The van der Waals surface area contributed by atoms with Crippen LogP contribution < -0.4 is 16.7 Å². The molecule has 1 aromatic carbocycles. The zero-order valence-electron chi connectivity index (χ0n) is 15.7. The summed E-state index contributed by atoms with van der Waals surface area (Å²) >= 11 is 3.11. The van der Waals surface area contributed by atoms with Gasteiger partial charge in [-0.15, -0.1) is 35.5 Å². The minimum Gasteiger partial charge on any atom is -0.327 e. The lowest BCUT2D eigenvalue weighted by Crippen LogP contribution is -2.26. The summed E-state index contributed by atoms with van der Waals surface area (Å²) in [5, 5.41) is 6.91. The highest BCUT2D eigenvalue weighted by Gasteiger charge is 2.16. The number of hydrogen-bond donors (Lipinski definition) is 2. The average Bonchev–Trinajstić information content (AvgIpc) is 3.33. The van der Waals surface area contributed by atoms with Crippen molar-refractivity contribution in [1.82, 2.24) is 14.3 Å². The van der Waals surface area contributed by atoms with E-state index in [1.807, 2.05) is 24.3 Å². The third kappa shape index (κ3) is 4.67. The smallest absolute Gasteiger partial charge is 0.327 e. The number of rotatable bonds is 6. The highest BCUT2D eigenvalue weighted by molar-refractivity contribution is 8.00. The Morgan fingerprint density at radius 2 is 2.13 bits per heavy atom. The Hall–Kier alpha value is -2.40. The molecule has 158 valence electrons. The van der Waals surface area contributed by atoms with Crippen molar-refractivity contribution in [1.29, 1.82) is 0 Å². The van der Waals surface area contributed by atoms with Gasteiger partial charge in [0.15, 0.2) is 0 Å². The molecule has 1 aliphatic rings. The Morgan fingerprint density at radius 1 is 1.30 bits per heavy atom. The molecule has 3 N–H and O–H groups in total. The molecule has 0 saturated heterocycles. The first-order chi connectivity index (χ1) is 14.1. The minimum absolute atomic E-state index is 0. The molecule has 0 unspecified atom stereocenters. The van der Waals surface area contributed by atoms with Crippen LogP contribution in [0.3, 0.4) is 0 Å². The fourth-order valence-electron chi connectivity index (χ4n) is 2.94. The van der Waals surface area contributed by atoms with E-state index in [9.17, 15) is 14.0 Å². The van der Waals surface area contributed by atoms with Gasteiger partial charge < -0.3 is 11.1 Å². The first kappa shape index (κ1) is 22.3. The van der Waals surface area contributed by atoms with Crippen LogP contribution >= 0.6 is 35.5 Å². The van der Waals surface area contributed by atoms with Crippen LogP contribution in [0, 0.1) is 0 Å². The number of carbonyl (C=O) groups excluding carboxylic acids is 1. The second-order valence-electron chi connectivity index (χ2n) is 6.48. The summed E-state index contributed by atoms with van der Waals surface area (Å²) in [6.45, 7) is 0.460. The highest BCUT2D eigenvalue weighted by atomic mass is 35.5. The molecule has 0 spiro atoms. The van der Waals surface area contributed by atoms with Crippen molar-refractivity contribution in [3.05, 3.63) is 63.9 Å². The monoisotopic (exact) mass is 467 g/mol. The van der Waals surface area contributed by atoms with Gasteiger partial charge in [-0.05, 0) is 35.4 Å². The molecule has 1 amide bonds. The van der Waals surface area contributed by atoms with Gasteiger partial charge in [0.2, 0.25) is 5.91 Å². The summed E-state index contributed by atoms with van der Waals surface area (Å²) in [5.41, 5.74) is 7.33. The molecular formula is C19H19ClFN5O2S2. The van der Waals surface area contributed by atoms with Crippen molar-refractivity contribution in [2.75, 3.05) is 17.6 Å². The molecule has 30 heavy (non-hydrogen) atoms. The minimum atomic E-state index is -0.311. The molecule has 0 fully saturated rings. The predicted molar refractivity (Wildman–Crippen MR) is 120 cm³/mol. The molecular weight excluding hydrogens is 449 g/mol. The van der Waals surface area contributed by atoms with E-state index in [1.54, 1.807) is 11.3 Å². The summed E-state index contributed by atoms with van der Waals surface area (Å²) in [4.78, 5) is 27.1. The molecule has 11 heteroatoms. The second kappa shape index (κ2) is 9.61. The summed E-state index contributed by atoms with van der Waals surface area (Å²) in [7, 11) is 0. The Bertz CT molecular complexity index is 1150. The van der Waals surface area contributed by atoms with Gasteiger partial charge in [-0.25, -0.2) is 13.9 Å².